The molecule has 0 amide bonds. The summed E-state index contributed by atoms with van der Waals surface area (Å²) in [7, 11) is 0. The van der Waals surface area contributed by atoms with Crippen LogP contribution in [0.3, 0.4) is 0 Å². The summed E-state index contributed by atoms with van der Waals surface area (Å²) in [6.07, 6.45) is 0. The number of β-amino-alcohol motifs (C(OH)–C–C–N with tert-alkyl or cyclic N) is 1. The van der Waals surface area contributed by atoms with Crippen LogP contribution in [0.2, 0.25) is 0 Å². The predicted molar refractivity (Wildman–Crippen MR) is 86.0 cm³/mol. The molecule has 0 aromatic heterocycles. The number of hydrogen-bond acceptors (Lipinski definition) is 4. The first-order valence-corrected chi connectivity index (χ1v) is 7.70. The van der Waals surface area contributed by atoms with Gasteiger partial charge in [0.1, 0.15) is 5.82 Å². The smallest absolute Gasteiger partial charge is 0.164 e. The summed E-state index contributed by atoms with van der Waals surface area (Å²) in [5.74, 6) is -0.712. The van der Waals surface area contributed by atoms with E-state index in [-0.39, 0.29) is 17.4 Å². The monoisotopic (exact) mass is 308 g/mol. The lowest BCUT2D eigenvalue weighted by atomic mass is 10.0. The summed E-state index contributed by atoms with van der Waals surface area (Å²) in [5.41, 5.74) is 0.104. The fourth-order valence-corrected chi connectivity index (χ4v) is 3.07. The molecule has 0 saturated carbocycles. The minimum atomic E-state index is -0.736. The molecule has 1 aliphatic rings. The number of ketones is 1. The number of halogens is 1. The number of benzene rings is 1. The van der Waals surface area contributed by atoms with Crippen molar-refractivity contribution in [1.82, 2.24) is 4.90 Å². The van der Waals surface area contributed by atoms with Gasteiger partial charge in [-0.05, 0) is 39.8 Å². The molecule has 1 aromatic rings. The Kier molecular flexibility index (Phi) is 4.87. The van der Waals surface area contributed by atoms with Gasteiger partial charge in [0.15, 0.2) is 5.78 Å². The number of piperazine rings is 1. The molecule has 1 atom stereocenters. The molecule has 0 spiro atoms. The first-order valence-electron chi connectivity index (χ1n) is 7.70. The van der Waals surface area contributed by atoms with Crippen LogP contribution in [0.1, 0.15) is 38.1 Å². The first kappa shape index (κ1) is 16.9. The highest BCUT2D eigenvalue weighted by molar-refractivity contribution is 6.00. The molecule has 0 radical (unpaired) electrons. The molecule has 4 nitrogen and oxygen atoms in total. The van der Waals surface area contributed by atoms with E-state index in [9.17, 15) is 14.3 Å². The van der Waals surface area contributed by atoms with Crippen LogP contribution < -0.4 is 4.90 Å². The Morgan fingerprint density at radius 2 is 2.09 bits per heavy atom. The van der Waals surface area contributed by atoms with E-state index in [0.29, 0.717) is 25.3 Å². The maximum Gasteiger partial charge on any atom is 0.164 e. The van der Waals surface area contributed by atoms with E-state index in [0.717, 1.165) is 6.54 Å². The Labute approximate surface area is 131 Å². The number of rotatable bonds is 4. The van der Waals surface area contributed by atoms with Gasteiger partial charge in [-0.15, -0.1) is 0 Å². The second kappa shape index (κ2) is 6.34. The second-order valence-corrected chi connectivity index (χ2v) is 6.77. The van der Waals surface area contributed by atoms with Gasteiger partial charge < -0.3 is 10.0 Å². The van der Waals surface area contributed by atoms with Gasteiger partial charge in [-0.25, -0.2) is 4.39 Å². The molecule has 1 heterocycles. The summed E-state index contributed by atoms with van der Waals surface area (Å²) in [4.78, 5) is 16.0. The molecule has 1 N–H and O–H groups in total. The number of anilines is 1. The average molecular weight is 308 g/mol. The molecular weight excluding hydrogens is 283 g/mol. The lowest BCUT2D eigenvalue weighted by Crippen LogP contribution is -2.55. The zero-order valence-corrected chi connectivity index (χ0v) is 13.8. The van der Waals surface area contributed by atoms with Crippen molar-refractivity contribution < 1.29 is 14.3 Å². The predicted octanol–water partition coefficient (Wildman–Crippen LogP) is 2.31. The van der Waals surface area contributed by atoms with Crippen molar-refractivity contribution in [3.8, 4) is 0 Å². The van der Waals surface area contributed by atoms with Gasteiger partial charge in [0.05, 0.1) is 16.9 Å². The average Bonchev–Trinajstić information content (AvgIpc) is 2.39. The van der Waals surface area contributed by atoms with Gasteiger partial charge in [0, 0.05) is 32.2 Å². The molecule has 1 aliphatic heterocycles. The van der Waals surface area contributed by atoms with Gasteiger partial charge in [-0.1, -0.05) is 6.07 Å². The van der Waals surface area contributed by atoms with E-state index < -0.39 is 11.4 Å². The van der Waals surface area contributed by atoms with Crippen LogP contribution in [-0.4, -0.2) is 53.6 Å². The highest BCUT2D eigenvalue weighted by Crippen LogP contribution is 2.26. The number of Topliss-reactive ketones (excluding diaryl/α,β-unsaturated/α-hetero) is 1. The van der Waals surface area contributed by atoms with E-state index in [1.807, 2.05) is 0 Å². The second-order valence-electron chi connectivity index (χ2n) is 6.77. The Morgan fingerprint density at radius 1 is 1.41 bits per heavy atom. The van der Waals surface area contributed by atoms with E-state index in [4.69, 9.17) is 0 Å². The third-order valence-corrected chi connectivity index (χ3v) is 4.04. The van der Waals surface area contributed by atoms with E-state index in [2.05, 4.69) is 16.7 Å². The van der Waals surface area contributed by atoms with Gasteiger partial charge >= 0.3 is 0 Å². The summed E-state index contributed by atoms with van der Waals surface area (Å²) < 4.78 is 14.0. The topological polar surface area (TPSA) is 43.8 Å². The molecule has 22 heavy (non-hydrogen) atoms. The molecule has 5 heteroatoms. The van der Waals surface area contributed by atoms with Crippen LogP contribution in [0.15, 0.2) is 18.2 Å². The summed E-state index contributed by atoms with van der Waals surface area (Å²) in [6, 6.07) is 5.00. The number of carbonyl (C=O) groups is 1. The Balaban J connectivity index is 2.18. The molecule has 122 valence electrons. The minimum absolute atomic E-state index is 0.172. The fraction of sp³-hybridized carbons (Fsp3) is 0.588. The van der Waals surface area contributed by atoms with Gasteiger partial charge in [0.2, 0.25) is 0 Å². The van der Waals surface area contributed by atoms with Crippen molar-refractivity contribution in [2.24, 2.45) is 0 Å². The van der Waals surface area contributed by atoms with E-state index >= 15 is 0 Å². The Bertz CT molecular complexity index is 554. The number of nitrogens with zero attached hydrogens (tertiary/aromatic N) is 2. The van der Waals surface area contributed by atoms with Crippen molar-refractivity contribution in [3.63, 3.8) is 0 Å². The van der Waals surface area contributed by atoms with E-state index in [1.165, 1.54) is 13.0 Å². The normalized spacial score (nSPS) is 20.3. The lowest BCUT2D eigenvalue weighted by molar-refractivity contribution is 0.0201. The summed E-state index contributed by atoms with van der Waals surface area (Å²) in [6.45, 7) is 9.88. The fourth-order valence-electron chi connectivity index (χ4n) is 3.07. The zero-order chi connectivity index (χ0) is 16.5. The molecule has 1 saturated heterocycles. The van der Waals surface area contributed by atoms with Crippen molar-refractivity contribution in [2.75, 3.05) is 31.1 Å². The van der Waals surface area contributed by atoms with Crippen LogP contribution in [0, 0.1) is 5.82 Å². The highest BCUT2D eigenvalue weighted by Gasteiger charge is 2.29. The maximum absolute atomic E-state index is 14.0. The third-order valence-electron chi connectivity index (χ3n) is 4.04. The van der Waals surface area contributed by atoms with Gasteiger partial charge in [-0.3, -0.25) is 9.69 Å². The lowest BCUT2D eigenvalue weighted by Gasteiger charge is -2.43. The zero-order valence-electron chi connectivity index (χ0n) is 13.8. The van der Waals surface area contributed by atoms with Crippen LogP contribution in [-0.2, 0) is 0 Å². The molecule has 1 fully saturated rings. The van der Waals surface area contributed by atoms with Crippen molar-refractivity contribution >= 4 is 11.5 Å². The van der Waals surface area contributed by atoms with Crippen molar-refractivity contribution in [1.29, 1.82) is 0 Å². The number of carbonyl (C=O) groups excluding carboxylic acids is 1. The largest absolute Gasteiger partial charge is 0.389 e. The van der Waals surface area contributed by atoms with Crippen LogP contribution in [0.25, 0.3) is 0 Å². The van der Waals surface area contributed by atoms with Crippen LogP contribution in [0.4, 0.5) is 10.1 Å². The van der Waals surface area contributed by atoms with E-state index in [1.54, 1.807) is 26.0 Å². The number of hydrogen-bond donors (Lipinski definition) is 1. The molecule has 0 unspecified atom stereocenters. The van der Waals surface area contributed by atoms with Gasteiger partial charge in [-0.2, -0.15) is 0 Å². The maximum atomic E-state index is 14.0. The quantitative estimate of drug-likeness (QED) is 0.867. The molecule has 0 aliphatic carbocycles. The number of aliphatic hydroxyl groups is 1. The molecule has 2 rings (SSSR count). The standard InChI is InChI=1S/C17H25FN2O2/c1-12-10-19(8-9-20(12)11-17(3,4)22)15-7-5-6-14(18)16(15)13(2)21/h5-7,12,22H,8-11H2,1-4H3/t12-/m1/s1. The summed E-state index contributed by atoms with van der Waals surface area (Å²) >= 11 is 0. The SMILES string of the molecule is CC(=O)c1c(F)cccc1N1CCN(CC(C)(C)O)[C@H](C)C1. The van der Waals surface area contributed by atoms with Crippen LogP contribution in [0.5, 0.6) is 0 Å². The minimum Gasteiger partial charge on any atom is -0.389 e. The first-order chi connectivity index (χ1) is 10.2. The summed E-state index contributed by atoms with van der Waals surface area (Å²) in [5, 5.41) is 9.97. The van der Waals surface area contributed by atoms with Crippen molar-refractivity contribution in [3.05, 3.63) is 29.6 Å². The van der Waals surface area contributed by atoms with Gasteiger partial charge in [0.25, 0.3) is 0 Å². The van der Waals surface area contributed by atoms with Crippen molar-refractivity contribution in [2.45, 2.75) is 39.3 Å². The third kappa shape index (κ3) is 3.84. The highest BCUT2D eigenvalue weighted by atomic mass is 19.1. The Hall–Kier alpha value is -1.46. The van der Waals surface area contributed by atoms with Crippen LogP contribution >= 0.6 is 0 Å². The molecule has 1 aromatic carbocycles. The Morgan fingerprint density at radius 3 is 2.64 bits per heavy atom. The molecule has 0 bridgehead atoms. The molecular formula is C17H25FN2O2.